The number of hydrogen-bond donors (Lipinski definition) is 1. The fourth-order valence-electron chi connectivity index (χ4n) is 5.54. The van der Waals surface area contributed by atoms with E-state index in [9.17, 15) is 0 Å². The van der Waals surface area contributed by atoms with Crippen LogP contribution in [0.15, 0.2) is 78.9 Å². The van der Waals surface area contributed by atoms with Crippen LogP contribution in [0.2, 0.25) is 0 Å². The Kier molecular flexibility index (Phi) is 6.06. The molecule has 31 heavy (non-hydrogen) atoms. The van der Waals surface area contributed by atoms with Gasteiger partial charge in [-0.05, 0) is 72.7 Å². The first-order valence-corrected chi connectivity index (χ1v) is 11.6. The molecule has 3 heterocycles. The van der Waals surface area contributed by atoms with Crippen LogP contribution in [-0.2, 0) is 13.0 Å². The number of rotatable bonds is 7. The minimum atomic E-state index is 0.543. The lowest BCUT2D eigenvalue weighted by Gasteiger charge is -2.51. The van der Waals surface area contributed by atoms with Crippen LogP contribution in [0.1, 0.15) is 24.0 Å². The van der Waals surface area contributed by atoms with Gasteiger partial charge in [-0.1, -0.05) is 66.7 Å². The topological polar surface area (TPSA) is 24.5 Å². The van der Waals surface area contributed by atoms with E-state index in [4.69, 9.17) is 4.74 Å². The molecule has 3 nitrogen and oxygen atoms in total. The number of benzene rings is 3. The molecule has 0 amide bonds. The highest BCUT2D eigenvalue weighted by Gasteiger charge is 2.41. The van der Waals surface area contributed by atoms with E-state index in [0.717, 1.165) is 24.6 Å². The maximum absolute atomic E-state index is 5.48. The Hall–Kier alpha value is -2.62. The highest BCUT2D eigenvalue weighted by molar-refractivity contribution is 5.68. The summed E-state index contributed by atoms with van der Waals surface area (Å²) >= 11 is 0. The predicted molar refractivity (Wildman–Crippen MR) is 127 cm³/mol. The zero-order chi connectivity index (χ0) is 21.0. The minimum absolute atomic E-state index is 0.543. The van der Waals surface area contributed by atoms with E-state index in [0.29, 0.717) is 12.1 Å². The van der Waals surface area contributed by atoms with E-state index in [1.807, 2.05) is 6.07 Å². The van der Waals surface area contributed by atoms with E-state index < -0.39 is 0 Å². The number of fused-ring (bicyclic) bond motifs is 3. The third kappa shape index (κ3) is 4.39. The van der Waals surface area contributed by atoms with Gasteiger partial charge in [-0.25, -0.2) is 0 Å². The maximum atomic E-state index is 5.48. The molecule has 3 heteroatoms. The Morgan fingerprint density at radius 1 is 0.903 bits per heavy atom. The largest absolute Gasteiger partial charge is 0.497 e. The normalized spacial score (nSPS) is 24.8. The Morgan fingerprint density at radius 2 is 1.68 bits per heavy atom. The molecule has 3 saturated heterocycles. The summed E-state index contributed by atoms with van der Waals surface area (Å²) < 4.78 is 5.48. The number of nitrogens with zero attached hydrogens (tertiary/aromatic N) is 1. The van der Waals surface area contributed by atoms with Crippen molar-refractivity contribution in [3.63, 3.8) is 0 Å². The third-order valence-electron chi connectivity index (χ3n) is 7.18. The Balaban J connectivity index is 1.40. The lowest BCUT2D eigenvalue weighted by atomic mass is 9.76. The van der Waals surface area contributed by atoms with Crippen LogP contribution in [0.5, 0.6) is 5.75 Å². The summed E-state index contributed by atoms with van der Waals surface area (Å²) in [4.78, 5) is 2.73. The van der Waals surface area contributed by atoms with Crippen molar-refractivity contribution in [2.24, 2.45) is 5.92 Å². The number of nitrogens with one attached hydrogen (secondary N) is 1. The van der Waals surface area contributed by atoms with Gasteiger partial charge < -0.3 is 10.1 Å². The van der Waals surface area contributed by atoms with Gasteiger partial charge in [0, 0.05) is 18.6 Å². The van der Waals surface area contributed by atoms with Gasteiger partial charge in [0.15, 0.2) is 0 Å². The maximum Gasteiger partial charge on any atom is 0.119 e. The van der Waals surface area contributed by atoms with Crippen LogP contribution < -0.4 is 10.1 Å². The summed E-state index contributed by atoms with van der Waals surface area (Å²) in [5.74, 6) is 1.69. The quantitative estimate of drug-likeness (QED) is 0.580. The molecule has 1 N–H and O–H groups in total. The molecule has 0 radical (unpaired) electrons. The summed E-state index contributed by atoms with van der Waals surface area (Å²) in [5, 5.41) is 3.96. The molecule has 3 aliphatic rings. The van der Waals surface area contributed by atoms with Gasteiger partial charge in [-0.3, -0.25) is 4.90 Å². The SMILES string of the molecule is COc1cccc(-c2ccccc2CC2C(NCc3ccccc3)C3CCN2CC3)c1. The lowest BCUT2D eigenvalue weighted by Crippen LogP contribution is -2.63. The number of piperidine rings is 3. The molecule has 6 rings (SSSR count). The van der Waals surface area contributed by atoms with E-state index in [1.54, 1.807) is 7.11 Å². The Labute approximate surface area is 186 Å². The molecule has 2 unspecified atom stereocenters. The van der Waals surface area contributed by atoms with Gasteiger partial charge in [0.2, 0.25) is 0 Å². The highest BCUT2D eigenvalue weighted by atomic mass is 16.5. The van der Waals surface area contributed by atoms with Crippen LogP contribution in [-0.4, -0.2) is 37.2 Å². The van der Waals surface area contributed by atoms with Crippen molar-refractivity contribution in [3.8, 4) is 16.9 Å². The van der Waals surface area contributed by atoms with Crippen molar-refractivity contribution in [1.82, 2.24) is 10.2 Å². The molecular formula is C28H32N2O. The van der Waals surface area contributed by atoms with Gasteiger partial charge in [0.1, 0.15) is 5.75 Å². The molecule has 3 aliphatic heterocycles. The molecule has 3 fully saturated rings. The van der Waals surface area contributed by atoms with Gasteiger partial charge in [-0.15, -0.1) is 0 Å². The fraction of sp³-hybridized carbons (Fsp3) is 0.357. The van der Waals surface area contributed by atoms with Gasteiger partial charge in [0.05, 0.1) is 7.11 Å². The first-order chi connectivity index (χ1) is 15.3. The summed E-state index contributed by atoms with van der Waals surface area (Å²) in [6, 6.07) is 29.2. The molecule has 3 aromatic rings. The molecule has 0 saturated carbocycles. The van der Waals surface area contributed by atoms with Gasteiger partial charge in [-0.2, -0.15) is 0 Å². The standard InChI is InChI=1S/C28H32N2O/c1-31-25-12-7-11-23(18-25)26-13-6-5-10-24(26)19-27-28(22-14-16-30(27)17-15-22)29-20-21-8-3-2-4-9-21/h2-13,18,22,27-29H,14-17,19-20H2,1H3. The average Bonchev–Trinajstić information content (AvgIpc) is 2.85. The predicted octanol–water partition coefficient (Wildman–Crippen LogP) is 5.16. The minimum Gasteiger partial charge on any atom is -0.497 e. The van der Waals surface area contributed by atoms with Gasteiger partial charge >= 0.3 is 0 Å². The zero-order valence-electron chi connectivity index (χ0n) is 18.3. The Bertz CT molecular complexity index is 995. The second-order valence-electron chi connectivity index (χ2n) is 8.93. The molecule has 0 aliphatic carbocycles. The van der Waals surface area contributed by atoms with Crippen LogP contribution in [0.4, 0.5) is 0 Å². The van der Waals surface area contributed by atoms with E-state index in [-0.39, 0.29) is 0 Å². The van der Waals surface area contributed by atoms with Crippen molar-refractivity contribution in [2.45, 2.75) is 37.9 Å². The van der Waals surface area contributed by atoms with E-state index in [1.165, 1.54) is 48.2 Å². The smallest absolute Gasteiger partial charge is 0.119 e. The summed E-state index contributed by atoms with van der Waals surface area (Å²) in [5.41, 5.74) is 5.36. The van der Waals surface area contributed by atoms with Crippen LogP contribution in [0, 0.1) is 5.92 Å². The molecule has 2 bridgehead atoms. The van der Waals surface area contributed by atoms with E-state index in [2.05, 4.69) is 83.0 Å². The Morgan fingerprint density at radius 3 is 2.48 bits per heavy atom. The monoisotopic (exact) mass is 412 g/mol. The van der Waals surface area contributed by atoms with E-state index >= 15 is 0 Å². The van der Waals surface area contributed by atoms with Crippen molar-refractivity contribution >= 4 is 0 Å². The summed E-state index contributed by atoms with van der Waals surface area (Å²) in [6.45, 7) is 3.42. The highest BCUT2D eigenvalue weighted by Crippen LogP contribution is 2.36. The average molecular weight is 413 g/mol. The lowest BCUT2D eigenvalue weighted by molar-refractivity contribution is 0.0127. The zero-order valence-corrected chi connectivity index (χ0v) is 18.3. The van der Waals surface area contributed by atoms with Crippen molar-refractivity contribution in [2.75, 3.05) is 20.2 Å². The van der Waals surface area contributed by atoms with Crippen LogP contribution >= 0.6 is 0 Å². The fourth-order valence-corrected chi connectivity index (χ4v) is 5.54. The number of methoxy groups -OCH3 is 1. The summed E-state index contributed by atoms with van der Waals surface area (Å²) in [6.07, 6.45) is 3.72. The molecule has 0 spiro atoms. The van der Waals surface area contributed by atoms with Gasteiger partial charge in [0.25, 0.3) is 0 Å². The van der Waals surface area contributed by atoms with Crippen molar-refractivity contribution in [1.29, 1.82) is 0 Å². The third-order valence-corrected chi connectivity index (χ3v) is 7.18. The summed E-state index contributed by atoms with van der Waals surface area (Å²) in [7, 11) is 1.74. The van der Waals surface area contributed by atoms with Crippen LogP contribution in [0.3, 0.4) is 0 Å². The van der Waals surface area contributed by atoms with Crippen LogP contribution in [0.25, 0.3) is 11.1 Å². The number of ether oxygens (including phenoxy) is 1. The second kappa shape index (κ2) is 9.25. The molecule has 0 aromatic heterocycles. The number of hydrogen-bond acceptors (Lipinski definition) is 3. The first kappa shape index (κ1) is 20.3. The first-order valence-electron chi connectivity index (χ1n) is 11.6. The molecule has 2 atom stereocenters. The van der Waals surface area contributed by atoms with Crippen molar-refractivity contribution < 1.29 is 4.74 Å². The molecule has 3 aromatic carbocycles. The molecular weight excluding hydrogens is 380 g/mol. The second-order valence-corrected chi connectivity index (χ2v) is 8.93. The van der Waals surface area contributed by atoms with Crippen molar-refractivity contribution in [3.05, 3.63) is 90.0 Å². The molecule has 160 valence electrons.